The zero-order chi connectivity index (χ0) is 48.0. The Morgan fingerprint density at radius 1 is 1.06 bits per heavy atom. The monoisotopic (exact) mass is 1180 g/mol. The van der Waals surface area contributed by atoms with Crippen molar-refractivity contribution in [2.24, 2.45) is 17.0 Å². The Morgan fingerprint density at radius 2 is 1.72 bits per heavy atom. The van der Waals surface area contributed by atoms with Gasteiger partial charge in [-0.15, -0.1) is 17.9 Å². The van der Waals surface area contributed by atoms with Crippen molar-refractivity contribution < 1.29 is 28.8 Å². The number of oxime groups is 1. The molecule has 11 nitrogen and oxygen atoms in total. The summed E-state index contributed by atoms with van der Waals surface area (Å²) in [4.78, 5) is 62.6. The smallest absolute Gasteiger partial charge is 0.251 e. The Kier molecular flexibility index (Phi) is 26.0. The number of likely N-dealkylation sites (tertiary alicyclic amines) is 1. The van der Waals surface area contributed by atoms with E-state index in [0.717, 1.165) is 40.5 Å². The second-order valence-electron chi connectivity index (χ2n) is 16.4. The van der Waals surface area contributed by atoms with Crippen molar-refractivity contribution in [2.75, 3.05) is 6.54 Å². The molecule has 2 aliphatic heterocycles. The molecule has 7 atom stereocenters. The van der Waals surface area contributed by atoms with E-state index in [9.17, 15) is 19.2 Å². The number of fused-ring (bicyclic) bond motifs is 1. The number of nitrogens with one attached hydrogen (secondary N) is 3. The Morgan fingerprint density at radius 3 is 2.32 bits per heavy atom. The average Bonchev–Trinajstić information content (AvgIpc) is 3.68. The minimum atomic E-state index is -0.999. The normalized spacial score (nSPS) is 19.2. The molecule has 1 spiro atoms. The standard InChI is InChI=1S/C42H53ClN5O6S.C3H6.3C2H6.Fm/c1-6-10-33(38(40(51)45-31-15-16-31)53-27(5)17-26(4)25(2)3)46-39(50)36-21-42(20-35(47-54-42)28-11-9-12-30(43)18-28)23-48(36)41(52)34(44-24-49)19-29-22-55-37-14-8-7-13-32(29)37;1-3-2;3*1-2;/h7-9,11-14,18,22,25-27,31,33-34,36,38H,6,10,15-17,19-21,23H2,1-5H3,(H,44,49)(H,45,51)(H,46,50);3H,1H2,2H3;3*1-2H3;/q-1;;;;;/t26-,27+,33?,34?,36?,38?,42?;;;;;/m0...../s1. The van der Waals surface area contributed by atoms with E-state index >= 15 is 0 Å². The number of hydrogen-bond donors (Lipinski definition) is 3. The van der Waals surface area contributed by atoms with Crippen molar-refractivity contribution >= 4 is 62.9 Å². The molecule has 1 saturated carbocycles. The summed E-state index contributed by atoms with van der Waals surface area (Å²) in [6, 6.07) is 12.7. The predicted molar refractivity (Wildman–Crippen MR) is 266 cm³/mol. The number of hydrogen-bond acceptors (Lipinski definition) is 8. The second-order valence-corrected chi connectivity index (χ2v) is 17.7. The fourth-order valence-electron chi connectivity index (χ4n) is 7.68. The van der Waals surface area contributed by atoms with Gasteiger partial charge in [0.15, 0.2) is 11.7 Å². The van der Waals surface area contributed by atoms with Crippen molar-refractivity contribution in [1.29, 1.82) is 0 Å². The maximum Gasteiger partial charge on any atom is 0.251 e. The summed E-state index contributed by atoms with van der Waals surface area (Å²) >= 11 is 7.87. The molecule has 4 amide bonds. The first kappa shape index (κ1) is 57.8. The fraction of sp³-hybridized carbons (Fsp3) is 0.588. The molecule has 3 heterocycles. The van der Waals surface area contributed by atoms with E-state index < -0.39 is 41.6 Å². The van der Waals surface area contributed by atoms with Gasteiger partial charge >= 0.3 is 0 Å². The largest absolute Gasteiger partial charge is 0.520 e. The maximum absolute atomic E-state index is 14.7. The third kappa shape index (κ3) is 16.6. The van der Waals surface area contributed by atoms with E-state index in [1.54, 1.807) is 36.0 Å². The number of nitrogens with zero attached hydrogens (tertiary/aromatic N) is 2. The van der Waals surface area contributed by atoms with Crippen LogP contribution in [-0.4, -0.2) is 83.3 Å². The number of benzene rings is 2. The molecule has 2 aromatic carbocycles. The summed E-state index contributed by atoms with van der Waals surface area (Å²) in [7, 11) is 0. The molecule has 1 aromatic heterocycles. The quantitative estimate of drug-likeness (QED) is 0.0659. The number of rotatable bonds is 18. The number of carbonyl (C=O) groups is 3. The summed E-state index contributed by atoms with van der Waals surface area (Å²) in [5.74, 6) is -0.275. The molecule has 1 aliphatic carbocycles. The summed E-state index contributed by atoms with van der Waals surface area (Å²) < 4.78 is 7.60. The van der Waals surface area contributed by atoms with Crippen molar-refractivity contribution in [1.82, 2.24) is 20.9 Å². The first-order valence-corrected chi connectivity index (χ1v) is 24.8. The fourth-order valence-corrected chi connectivity index (χ4v) is 8.84. The second kappa shape index (κ2) is 29.3. The van der Waals surface area contributed by atoms with E-state index in [0.29, 0.717) is 41.8 Å². The number of amides is 4. The van der Waals surface area contributed by atoms with Gasteiger partial charge in [-0.1, -0.05) is 129 Å². The number of allylic oxidation sites excluding steroid dienone is 1. The minimum Gasteiger partial charge on any atom is -0.520 e. The van der Waals surface area contributed by atoms with Gasteiger partial charge < -0.3 is 35.2 Å². The zero-order valence-corrected chi connectivity index (χ0v) is 44.9. The Bertz CT molecular complexity index is 1940. The van der Waals surface area contributed by atoms with Gasteiger partial charge in [0.1, 0.15) is 6.04 Å². The van der Waals surface area contributed by atoms with Crippen LogP contribution in [0.1, 0.15) is 139 Å². The SMILES string of the molecule is C=CC.CC.CC.CC.CCCC(NC(=O)C1CC2(CC(c3cccc(Cl)c3)=NO2)CN1C(=O)C(Cc1csc2ccccc12)N[C-]=O)C(O[C@H](C)C[C@H](C)C(C)C)C(=O)NC1CC1.[Fm]. The number of thiophene rings is 1. The van der Waals surface area contributed by atoms with Gasteiger partial charge in [0.2, 0.25) is 11.8 Å². The van der Waals surface area contributed by atoms with Crippen LogP contribution in [0.25, 0.3) is 10.1 Å². The van der Waals surface area contributed by atoms with Crippen LogP contribution in [0.4, 0.5) is 0 Å². The molecule has 5 unspecified atom stereocenters. The maximum atomic E-state index is 14.7. The predicted octanol–water partition coefficient (Wildman–Crippen LogP) is 10.6. The van der Waals surface area contributed by atoms with Crippen LogP contribution in [0.15, 0.2) is 71.7 Å². The van der Waals surface area contributed by atoms with Crippen LogP contribution in [0.5, 0.6) is 0 Å². The Labute approximate surface area is 393 Å². The molecule has 3 aliphatic rings. The van der Waals surface area contributed by atoms with Gasteiger partial charge in [-0.25, -0.2) is 0 Å². The van der Waals surface area contributed by atoms with Gasteiger partial charge in [-0.05, 0) is 85.9 Å². The number of ether oxygens (including phenoxy) is 1. The van der Waals surface area contributed by atoms with Gasteiger partial charge in [-0.2, -0.15) is 6.41 Å². The van der Waals surface area contributed by atoms with Crippen LogP contribution >= 0.6 is 22.9 Å². The van der Waals surface area contributed by atoms with Crippen LogP contribution in [0.3, 0.4) is 0 Å². The molecular weight excluding hydrogens is 1100 g/mol. The third-order valence-corrected chi connectivity index (χ3v) is 12.4. The summed E-state index contributed by atoms with van der Waals surface area (Å²) in [6.45, 7) is 27.8. The van der Waals surface area contributed by atoms with Crippen molar-refractivity contribution in [3.63, 3.8) is 0 Å². The van der Waals surface area contributed by atoms with Crippen molar-refractivity contribution in [3.05, 3.63) is 82.7 Å². The molecule has 6 rings (SSSR count). The molecule has 3 aromatic rings. The molecule has 1 saturated heterocycles. The molecular formula is C51H77ClFmN5O6S-. The van der Waals surface area contributed by atoms with Gasteiger partial charge in [0.25, 0.3) is 5.91 Å². The van der Waals surface area contributed by atoms with Gasteiger partial charge in [-0.3, -0.25) is 14.4 Å². The molecule has 0 radical (unpaired) electrons. The summed E-state index contributed by atoms with van der Waals surface area (Å²) in [6.07, 6.45) is 6.80. The molecule has 14 heteroatoms. The van der Waals surface area contributed by atoms with Crippen LogP contribution < -0.4 is 16.0 Å². The van der Waals surface area contributed by atoms with Crippen LogP contribution in [-0.2, 0) is 35.2 Å². The Hall–Kier alpha value is -5.26. The minimum absolute atomic E-state index is 0. The summed E-state index contributed by atoms with van der Waals surface area (Å²) in [5.41, 5.74) is 1.36. The number of halogens is 1. The van der Waals surface area contributed by atoms with Crippen LogP contribution in [0, 0.1) is 11.8 Å². The Balaban J connectivity index is 0.00000198. The first-order valence-electron chi connectivity index (χ1n) is 23.5. The van der Waals surface area contributed by atoms with E-state index in [4.69, 9.17) is 21.2 Å². The zero-order valence-electron chi connectivity index (χ0n) is 40.9. The third-order valence-electron chi connectivity index (χ3n) is 11.2. The number of carbonyl (C=O) groups excluding carboxylic acids is 4. The molecule has 2 fully saturated rings. The van der Waals surface area contributed by atoms with E-state index in [2.05, 4.69) is 48.5 Å². The van der Waals surface area contributed by atoms with Crippen molar-refractivity contribution in [3.8, 4) is 0 Å². The van der Waals surface area contributed by atoms with Crippen molar-refractivity contribution in [2.45, 2.75) is 176 Å². The summed E-state index contributed by atoms with van der Waals surface area (Å²) in [5, 5.41) is 16.9. The van der Waals surface area contributed by atoms with Gasteiger partial charge in [0, 0.05) is 40.6 Å². The van der Waals surface area contributed by atoms with Gasteiger partial charge in [0.05, 0.1) is 30.4 Å². The van der Waals surface area contributed by atoms with E-state index in [1.807, 2.05) is 104 Å². The first-order chi connectivity index (χ1) is 30.8. The molecule has 0 bridgehead atoms. The topological polar surface area (TPSA) is 138 Å². The molecule has 368 valence electrons. The van der Waals surface area contributed by atoms with Crippen LogP contribution in [0.2, 0.25) is 5.02 Å². The van der Waals surface area contributed by atoms with E-state index in [1.165, 1.54) is 4.90 Å². The molecule has 65 heavy (non-hydrogen) atoms. The average molecular weight is 1180 g/mol. The molecule has 3 N–H and O–H groups in total. The van der Waals surface area contributed by atoms with E-state index in [-0.39, 0.29) is 37.4 Å².